The molecule has 0 bridgehead atoms. The van der Waals surface area contributed by atoms with E-state index < -0.39 is 0 Å². The van der Waals surface area contributed by atoms with E-state index in [4.69, 9.17) is 21.9 Å². The van der Waals surface area contributed by atoms with Gasteiger partial charge in [0, 0.05) is 13.2 Å². The van der Waals surface area contributed by atoms with Crippen LogP contribution in [-0.4, -0.2) is 28.2 Å². The van der Waals surface area contributed by atoms with E-state index in [0.717, 1.165) is 13.2 Å². The summed E-state index contributed by atoms with van der Waals surface area (Å²) >= 11 is 0. The van der Waals surface area contributed by atoms with Crippen LogP contribution in [0, 0.1) is 0 Å². The minimum Gasteiger partial charge on any atom is -0.381 e. The van der Waals surface area contributed by atoms with Gasteiger partial charge in [0.15, 0.2) is 0 Å². The molecule has 0 aliphatic carbocycles. The Bertz CT molecular complexity index is 264. The largest absolute Gasteiger partial charge is 0.381 e. The van der Waals surface area contributed by atoms with E-state index >= 15 is 0 Å². The second-order valence-corrected chi connectivity index (χ2v) is 3.73. The maximum absolute atomic E-state index is 5.31. The van der Waals surface area contributed by atoms with Crippen molar-refractivity contribution in [2.75, 3.05) is 30.4 Å². The summed E-state index contributed by atoms with van der Waals surface area (Å²) in [5.74, 6) is 0.125. The van der Waals surface area contributed by atoms with Crippen molar-refractivity contribution in [3.05, 3.63) is 0 Å². The summed E-state index contributed by atoms with van der Waals surface area (Å²) in [6.07, 6.45) is 4.91. The molecule has 6 N–H and O–H groups in total. The van der Waals surface area contributed by atoms with Crippen molar-refractivity contribution in [3.8, 4) is 0 Å². The highest BCUT2D eigenvalue weighted by molar-refractivity contribution is 5.33. The molecule has 1 rings (SSSR count). The van der Waals surface area contributed by atoms with Gasteiger partial charge in [-0.15, -0.1) is 0 Å². The lowest BCUT2D eigenvalue weighted by molar-refractivity contribution is 0.128. The molecule has 7 heteroatoms. The fraction of sp³-hybridized carbons (Fsp3) is 0.727. The second-order valence-electron chi connectivity index (χ2n) is 3.73. The monoisotopic (exact) mass is 256 g/mol. The average molecular weight is 256 g/mol. The Morgan fingerprint density at radius 3 is 1.39 bits per heavy atom. The summed E-state index contributed by atoms with van der Waals surface area (Å²) in [4.78, 5) is 10.5. The first kappa shape index (κ1) is 16.4. The second kappa shape index (κ2) is 10.5. The van der Waals surface area contributed by atoms with Gasteiger partial charge >= 0.3 is 0 Å². The molecule has 0 aromatic carbocycles. The van der Waals surface area contributed by atoms with E-state index in [2.05, 4.69) is 28.8 Å². The number of hydrogen-bond acceptors (Lipinski definition) is 7. The molecule has 1 aromatic heterocycles. The number of hydrogen-bond donors (Lipinski definition) is 3. The van der Waals surface area contributed by atoms with Gasteiger partial charge in [0.05, 0.1) is 0 Å². The summed E-state index contributed by atoms with van der Waals surface area (Å²) in [5.41, 5.74) is 15.4. The van der Waals surface area contributed by atoms with Gasteiger partial charge in [-0.3, -0.25) is 0 Å². The maximum atomic E-state index is 5.31. The number of nitrogen functional groups attached to an aromatic ring is 3. The standard InChI is InChI=1S/C8H18O.C3H6N6/c1-3-5-7-9-8-6-4-2;4-1-7-2(5)9-3(6)8-1/h3-8H2,1-2H3;(H6,4,5,6,7,8,9). The smallest absolute Gasteiger partial charge is 0.226 e. The van der Waals surface area contributed by atoms with Crippen LogP contribution in [0.15, 0.2) is 0 Å². The molecule has 0 atom stereocenters. The van der Waals surface area contributed by atoms with Crippen molar-refractivity contribution >= 4 is 17.8 Å². The van der Waals surface area contributed by atoms with Crippen molar-refractivity contribution < 1.29 is 4.74 Å². The third kappa shape index (κ3) is 9.59. The van der Waals surface area contributed by atoms with Crippen LogP contribution >= 0.6 is 0 Å². The lowest BCUT2D eigenvalue weighted by Crippen LogP contribution is -2.05. The van der Waals surface area contributed by atoms with Crippen molar-refractivity contribution in [1.29, 1.82) is 0 Å². The molecule has 0 unspecified atom stereocenters. The molecule has 0 aliphatic heterocycles. The quantitative estimate of drug-likeness (QED) is 0.653. The van der Waals surface area contributed by atoms with Crippen molar-refractivity contribution in [2.24, 2.45) is 0 Å². The molecule has 0 aliphatic rings. The Hall–Kier alpha value is -1.63. The highest BCUT2D eigenvalue weighted by Gasteiger charge is 1.93. The van der Waals surface area contributed by atoms with Crippen molar-refractivity contribution in [3.63, 3.8) is 0 Å². The van der Waals surface area contributed by atoms with Gasteiger partial charge in [0.25, 0.3) is 0 Å². The zero-order valence-corrected chi connectivity index (χ0v) is 11.2. The van der Waals surface area contributed by atoms with Crippen LogP contribution in [0.25, 0.3) is 0 Å². The van der Waals surface area contributed by atoms with Crippen LogP contribution in [0.4, 0.5) is 17.8 Å². The highest BCUT2D eigenvalue weighted by atomic mass is 16.5. The molecule has 18 heavy (non-hydrogen) atoms. The van der Waals surface area contributed by atoms with Crippen LogP contribution in [-0.2, 0) is 4.74 Å². The molecule has 0 fully saturated rings. The zero-order valence-electron chi connectivity index (χ0n) is 11.2. The van der Waals surface area contributed by atoms with E-state index in [1.54, 1.807) is 0 Å². The Labute approximate surface area is 108 Å². The minimum absolute atomic E-state index is 0.0417. The molecule has 0 spiro atoms. The molecular formula is C11H24N6O. The molecule has 7 nitrogen and oxygen atoms in total. The fourth-order valence-electron chi connectivity index (χ4n) is 1.02. The van der Waals surface area contributed by atoms with E-state index in [1.807, 2.05) is 0 Å². The third-order valence-electron chi connectivity index (χ3n) is 1.97. The van der Waals surface area contributed by atoms with Crippen LogP contribution < -0.4 is 17.2 Å². The average Bonchev–Trinajstić information content (AvgIpc) is 2.28. The predicted molar refractivity (Wildman–Crippen MR) is 73.7 cm³/mol. The van der Waals surface area contributed by atoms with Crippen molar-refractivity contribution in [1.82, 2.24) is 15.0 Å². The SMILES string of the molecule is CCCCOCCCC.Nc1nc(N)nc(N)n1. The summed E-state index contributed by atoms with van der Waals surface area (Å²) in [6.45, 7) is 6.28. The summed E-state index contributed by atoms with van der Waals surface area (Å²) in [6, 6.07) is 0. The number of rotatable bonds is 6. The summed E-state index contributed by atoms with van der Waals surface area (Å²) in [7, 11) is 0. The molecular weight excluding hydrogens is 232 g/mol. The summed E-state index contributed by atoms with van der Waals surface area (Å²) < 4.78 is 5.31. The maximum Gasteiger partial charge on any atom is 0.226 e. The highest BCUT2D eigenvalue weighted by Crippen LogP contribution is 1.97. The number of ether oxygens (including phenoxy) is 1. The Morgan fingerprint density at radius 1 is 0.778 bits per heavy atom. The normalized spacial score (nSPS) is 9.67. The lowest BCUT2D eigenvalue weighted by Gasteiger charge is -1.99. The topological polar surface area (TPSA) is 126 Å². The number of unbranched alkanes of at least 4 members (excludes halogenated alkanes) is 2. The van der Waals surface area contributed by atoms with E-state index in [9.17, 15) is 0 Å². The van der Waals surface area contributed by atoms with Crippen molar-refractivity contribution in [2.45, 2.75) is 39.5 Å². The predicted octanol–water partition coefficient (Wildman–Crippen LogP) is 1.22. The zero-order chi connectivity index (χ0) is 13.8. The van der Waals surface area contributed by atoms with Gasteiger partial charge in [-0.1, -0.05) is 26.7 Å². The molecule has 104 valence electrons. The molecule has 1 aromatic rings. The van der Waals surface area contributed by atoms with Crippen LogP contribution in [0.2, 0.25) is 0 Å². The van der Waals surface area contributed by atoms with Crippen LogP contribution in [0.1, 0.15) is 39.5 Å². The van der Waals surface area contributed by atoms with Gasteiger partial charge in [-0.2, -0.15) is 15.0 Å². The fourth-order valence-corrected chi connectivity index (χ4v) is 1.02. The van der Waals surface area contributed by atoms with Crippen LogP contribution in [0.5, 0.6) is 0 Å². The molecule has 0 amide bonds. The summed E-state index contributed by atoms with van der Waals surface area (Å²) in [5, 5.41) is 0. The Morgan fingerprint density at radius 2 is 1.11 bits per heavy atom. The van der Waals surface area contributed by atoms with Gasteiger partial charge < -0.3 is 21.9 Å². The number of nitrogens with two attached hydrogens (primary N) is 3. The van der Waals surface area contributed by atoms with Gasteiger partial charge in [-0.25, -0.2) is 0 Å². The lowest BCUT2D eigenvalue weighted by atomic mass is 10.3. The molecule has 0 saturated carbocycles. The molecule has 1 heterocycles. The number of aromatic nitrogens is 3. The minimum atomic E-state index is 0.0417. The van der Waals surface area contributed by atoms with Gasteiger partial charge in [0.2, 0.25) is 17.8 Å². The third-order valence-corrected chi connectivity index (χ3v) is 1.97. The first-order valence-electron chi connectivity index (χ1n) is 6.20. The number of nitrogens with zero attached hydrogens (tertiary/aromatic N) is 3. The van der Waals surface area contributed by atoms with E-state index in [0.29, 0.717) is 0 Å². The Balaban J connectivity index is 0.000000321. The van der Waals surface area contributed by atoms with E-state index in [1.165, 1.54) is 25.7 Å². The number of anilines is 3. The first-order chi connectivity index (χ1) is 8.60. The van der Waals surface area contributed by atoms with Gasteiger partial charge in [-0.05, 0) is 12.8 Å². The van der Waals surface area contributed by atoms with Crippen LogP contribution in [0.3, 0.4) is 0 Å². The molecule has 0 radical (unpaired) electrons. The first-order valence-corrected chi connectivity index (χ1v) is 6.20. The Kier molecular flexibility index (Phi) is 9.57. The molecule has 0 saturated heterocycles. The van der Waals surface area contributed by atoms with E-state index in [-0.39, 0.29) is 17.8 Å². The van der Waals surface area contributed by atoms with Gasteiger partial charge in [0.1, 0.15) is 0 Å².